The number of carbonyl (C=O) groups excluding carboxylic acids is 1. The fourth-order valence-electron chi connectivity index (χ4n) is 3.44. The predicted molar refractivity (Wildman–Crippen MR) is 73.4 cm³/mol. The molecule has 0 aromatic carbocycles. The first-order valence-electron chi connectivity index (χ1n) is 7.04. The second-order valence-electron chi connectivity index (χ2n) is 5.45. The van der Waals surface area contributed by atoms with Gasteiger partial charge in [0.1, 0.15) is 11.5 Å². The molecule has 3 N–H and O–H groups in total. The van der Waals surface area contributed by atoms with Gasteiger partial charge in [-0.15, -0.1) is 0 Å². The molecule has 2 atom stereocenters. The van der Waals surface area contributed by atoms with E-state index >= 15 is 0 Å². The summed E-state index contributed by atoms with van der Waals surface area (Å²) in [5, 5.41) is 0. The van der Waals surface area contributed by atoms with Gasteiger partial charge in [0.25, 0.3) is 5.91 Å². The minimum atomic E-state index is 0.0477. The van der Waals surface area contributed by atoms with E-state index in [1.165, 1.54) is 19.3 Å². The summed E-state index contributed by atoms with van der Waals surface area (Å²) < 4.78 is 0. The summed E-state index contributed by atoms with van der Waals surface area (Å²) in [6.45, 7) is 0.871. The number of carbonyl (C=O) groups is 1. The molecule has 2 heterocycles. The van der Waals surface area contributed by atoms with Gasteiger partial charge in [-0.05, 0) is 37.3 Å². The third-order valence-corrected chi connectivity index (χ3v) is 4.39. The summed E-state index contributed by atoms with van der Waals surface area (Å²) >= 11 is 0. The van der Waals surface area contributed by atoms with Gasteiger partial charge in [0.15, 0.2) is 0 Å². The molecule has 1 saturated carbocycles. The second kappa shape index (κ2) is 5.17. The van der Waals surface area contributed by atoms with Gasteiger partial charge in [0.05, 0.1) is 0 Å². The van der Waals surface area contributed by atoms with Gasteiger partial charge in [0.2, 0.25) is 0 Å². The number of amides is 1. The molecular weight excluding hydrogens is 240 g/mol. The van der Waals surface area contributed by atoms with Crippen LogP contribution in [0, 0.1) is 5.92 Å². The van der Waals surface area contributed by atoms with Crippen molar-refractivity contribution in [3.05, 3.63) is 23.9 Å². The Kier molecular flexibility index (Phi) is 3.38. The maximum atomic E-state index is 12.6. The number of hydrogen-bond donors (Lipinski definition) is 2. The summed E-state index contributed by atoms with van der Waals surface area (Å²) in [4.78, 5) is 18.8. The van der Waals surface area contributed by atoms with Gasteiger partial charge >= 0.3 is 0 Å². The molecule has 0 radical (unpaired) electrons. The molecule has 2 fully saturated rings. The Morgan fingerprint density at radius 2 is 2.16 bits per heavy atom. The number of aromatic nitrogens is 1. The van der Waals surface area contributed by atoms with Crippen LogP contribution in [0.3, 0.4) is 0 Å². The number of fused-ring (bicyclic) bond motifs is 1. The molecule has 0 spiro atoms. The first-order chi connectivity index (χ1) is 9.29. The van der Waals surface area contributed by atoms with Crippen LogP contribution in [0.25, 0.3) is 0 Å². The zero-order chi connectivity index (χ0) is 13.2. The first-order valence-corrected chi connectivity index (χ1v) is 7.04. The third-order valence-electron chi connectivity index (χ3n) is 4.39. The zero-order valence-corrected chi connectivity index (χ0v) is 11.0. The van der Waals surface area contributed by atoms with Crippen LogP contribution in [-0.4, -0.2) is 28.4 Å². The van der Waals surface area contributed by atoms with Crippen LogP contribution < -0.4 is 11.3 Å². The van der Waals surface area contributed by atoms with Gasteiger partial charge in [-0.2, -0.15) is 0 Å². The highest BCUT2D eigenvalue weighted by molar-refractivity contribution is 5.93. The highest BCUT2D eigenvalue weighted by Gasteiger charge is 2.38. The molecule has 102 valence electrons. The van der Waals surface area contributed by atoms with Crippen molar-refractivity contribution < 1.29 is 4.79 Å². The van der Waals surface area contributed by atoms with Crippen LogP contribution in [0.1, 0.15) is 42.6 Å². The van der Waals surface area contributed by atoms with E-state index in [9.17, 15) is 4.79 Å². The highest BCUT2D eigenvalue weighted by Crippen LogP contribution is 2.36. The fourth-order valence-corrected chi connectivity index (χ4v) is 3.44. The van der Waals surface area contributed by atoms with Crippen molar-refractivity contribution in [2.75, 3.05) is 12.0 Å². The number of hydrazine groups is 1. The Balaban J connectivity index is 1.79. The summed E-state index contributed by atoms with van der Waals surface area (Å²) in [5.74, 6) is 6.62. The van der Waals surface area contributed by atoms with Crippen LogP contribution in [0.15, 0.2) is 18.2 Å². The smallest absolute Gasteiger partial charge is 0.272 e. The van der Waals surface area contributed by atoms with Crippen molar-refractivity contribution in [2.45, 2.75) is 38.1 Å². The van der Waals surface area contributed by atoms with Crippen LogP contribution in [0.2, 0.25) is 0 Å². The molecule has 2 aliphatic rings. The van der Waals surface area contributed by atoms with Gasteiger partial charge in [0, 0.05) is 12.6 Å². The first kappa shape index (κ1) is 12.4. The molecule has 1 aliphatic carbocycles. The lowest BCUT2D eigenvalue weighted by molar-refractivity contribution is 0.0684. The molecule has 1 aromatic rings. The lowest BCUT2D eigenvalue weighted by atomic mass is 9.85. The number of hydrogen-bond acceptors (Lipinski definition) is 4. The minimum Gasteiger partial charge on any atom is -0.334 e. The van der Waals surface area contributed by atoms with Crippen molar-refractivity contribution in [2.24, 2.45) is 11.8 Å². The van der Waals surface area contributed by atoms with Gasteiger partial charge < -0.3 is 10.3 Å². The van der Waals surface area contributed by atoms with Crippen molar-refractivity contribution in [3.63, 3.8) is 0 Å². The number of rotatable bonds is 2. The SMILES string of the molecule is NNc1cccc(C(=O)N2CCC3CCCCC32)n1. The Morgan fingerprint density at radius 3 is 3.00 bits per heavy atom. The molecular formula is C14H20N4O. The van der Waals surface area contributed by atoms with Crippen molar-refractivity contribution >= 4 is 11.7 Å². The van der Waals surface area contributed by atoms with Gasteiger partial charge in [-0.25, -0.2) is 10.8 Å². The molecule has 19 heavy (non-hydrogen) atoms. The largest absolute Gasteiger partial charge is 0.334 e. The van der Waals surface area contributed by atoms with Crippen molar-refractivity contribution in [1.82, 2.24) is 9.88 Å². The monoisotopic (exact) mass is 260 g/mol. The number of nitrogens with zero attached hydrogens (tertiary/aromatic N) is 2. The van der Waals surface area contributed by atoms with Crippen LogP contribution >= 0.6 is 0 Å². The summed E-state index contributed by atoms with van der Waals surface area (Å²) in [6, 6.07) is 5.76. The lowest BCUT2D eigenvalue weighted by Crippen LogP contribution is -2.39. The predicted octanol–water partition coefficient (Wildman–Crippen LogP) is 1.77. The molecule has 1 aliphatic heterocycles. The average Bonchev–Trinajstić information content (AvgIpc) is 2.90. The fraction of sp³-hybridized carbons (Fsp3) is 0.571. The van der Waals surface area contributed by atoms with Crippen LogP contribution in [0.5, 0.6) is 0 Å². The summed E-state index contributed by atoms with van der Waals surface area (Å²) in [6.07, 6.45) is 6.11. The van der Waals surface area contributed by atoms with Gasteiger partial charge in [-0.3, -0.25) is 4.79 Å². The molecule has 5 heteroatoms. The van der Waals surface area contributed by atoms with Crippen LogP contribution in [0.4, 0.5) is 5.82 Å². The van der Waals surface area contributed by atoms with Crippen molar-refractivity contribution in [3.8, 4) is 0 Å². The topological polar surface area (TPSA) is 71.2 Å². The lowest BCUT2D eigenvalue weighted by Gasteiger charge is -2.31. The van der Waals surface area contributed by atoms with Crippen molar-refractivity contribution in [1.29, 1.82) is 0 Å². The summed E-state index contributed by atoms with van der Waals surface area (Å²) in [5.41, 5.74) is 2.97. The Morgan fingerprint density at radius 1 is 1.32 bits per heavy atom. The van der Waals surface area contributed by atoms with E-state index in [-0.39, 0.29) is 5.91 Å². The molecule has 1 amide bonds. The number of pyridine rings is 1. The maximum absolute atomic E-state index is 12.6. The van der Waals surface area contributed by atoms with E-state index < -0.39 is 0 Å². The van der Waals surface area contributed by atoms with Gasteiger partial charge in [-0.1, -0.05) is 18.9 Å². The highest BCUT2D eigenvalue weighted by atomic mass is 16.2. The Hall–Kier alpha value is -1.62. The minimum absolute atomic E-state index is 0.0477. The average molecular weight is 260 g/mol. The maximum Gasteiger partial charge on any atom is 0.272 e. The van der Waals surface area contributed by atoms with E-state index in [1.807, 2.05) is 11.0 Å². The van der Waals surface area contributed by atoms with Crippen LogP contribution in [-0.2, 0) is 0 Å². The molecule has 3 rings (SSSR count). The number of anilines is 1. The van der Waals surface area contributed by atoms with E-state index in [4.69, 9.17) is 5.84 Å². The Bertz CT molecular complexity index is 476. The molecule has 1 saturated heterocycles. The summed E-state index contributed by atoms with van der Waals surface area (Å²) in [7, 11) is 0. The number of nitrogens with one attached hydrogen (secondary N) is 1. The normalized spacial score (nSPS) is 26.1. The molecule has 5 nitrogen and oxygen atoms in total. The quantitative estimate of drug-likeness (QED) is 0.628. The number of nitrogens with two attached hydrogens (primary N) is 1. The standard InChI is InChI=1S/C14H20N4O/c15-17-13-7-3-5-11(16-13)14(19)18-9-8-10-4-1-2-6-12(10)18/h3,5,7,10,12H,1-2,4,6,8-9,15H2,(H,16,17). The number of likely N-dealkylation sites (tertiary alicyclic amines) is 1. The van der Waals surface area contributed by atoms with E-state index in [0.29, 0.717) is 23.5 Å². The van der Waals surface area contributed by atoms with E-state index in [0.717, 1.165) is 19.4 Å². The molecule has 0 bridgehead atoms. The molecule has 2 unspecified atom stereocenters. The Labute approximate surface area is 113 Å². The number of nitrogen functional groups attached to an aromatic ring is 1. The second-order valence-corrected chi connectivity index (χ2v) is 5.45. The third kappa shape index (κ3) is 2.30. The van der Waals surface area contributed by atoms with E-state index in [2.05, 4.69) is 10.4 Å². The van der Waals surface area contributed by atoms with E-state index in [1.54, 1.807) is 12.1 Å². The molecule has 1 aromatic heterocycles. The zero-order valence-electron chi connectivity index (χ0n) is 11.0.